The van der Waals surface area contributed by atoms with Crippen molar-refractivity contribution in [1.82, 2.24) is 9.78 Å². The summed E-state index contributed by atoms with van der Waals surface area (Å²) >= 11 is 0. The largest absolute Gasteiger partial charge is 0.378 e. The van der Waals surface area contributed by atoms with E-state index in [2.05, 4.69) is 47.4 Å². The minimum atomic E-state index is -0.212. The first-order valence-corrected chi connectivity index (χ1v) is 9.87. The van der Waals surface area contributed by atoms with Crippen LogP contribution in [0.15, 0.2) is 48.5 Å². The van der Waals surface area contributed by atoms with Crippen molar-refractivity contribution < 1.29 is 9.53 Å². The Kier molecular flexibility index (Phi) is 5.36. The SMILES string of the molecule is Cc1ccc(-c2cc(C(=O)Nc3ccccc3N3CCOCC3)nn2C)cc1C. The number of nitrogens with zero attached hydrogens (tertiary/aromatic N) is 3. The number of anilines is 2. The molecular formula is C23H26N4O2. The van der Waals surface area contributed by atoms with Gasteiger partial charge in [0, 0.05) is 25.7 Å². The van der Waals surface area contributed by atoms with Crippen LogP contribution in [-0.4, -0.2) is 42.0 Å². The number of hydrogen-bond donors (Lipinski definition) is 1. The van der Waals surface area contributed by atoms with E-state index in [9.17, 15) is 4.79 Å². The highest BCUT2D eigenvalue weighted by atomic mass is 16.5. The Morgan fingerprint density at radius 1 is 1.03 bits per heavy atom. The Morgan fingerprint density at radius 2 is 1.79 bits per heavy atom. The molecule has 6 nitrogen and oxygen atoms in total. The van der Waals surface area contributed by atoms with Crippen LogP contribution in [0.25, 0.3) is 11.3 Å². The highest BCUT2D eigenvalue weighted by Gasteiger charge is 2.18. The third-order valence-corrected chi connectivity index (χ3v) is 5.42. The van der Waals surface area contributed by atoms with Gasteiger partial charge < -0.3 is 15.0 Å². The van der Waals surface area contributed by atoms with E-state index in [4.69, 9.17) is 4.74 Å². The van der Waals surface area contributed by atoms with Crippen molar-refractivity contribution in [2.75, 3.05) is 36.5 Å². The van der Waals surface area contributed by atoms with Crippen LogP contribution in [-0.2, 0) is 11.8 Å². The van der Waals surface area contributed by atoms with Crippen LogP contribution in [0.3, 0.4) is 0 Å². The lowest BCUT2D eigenvalue weighted by Gasteiger charge is -2.30. The molecule has 1 saturated heterocycles. The van der Waals surface area contributed by atoms with Gasteiger partial charge in [0.15, 0.2) is 5.69 Å². The molecule has 1 amide bonds. The number of aryl methyl sites for hydroxylation is 3. The number of hydrogen-bond acceptors (Lipinski definition) is 4. The second kappa shape index (κ2) is 8.09. The number of aromatic nitrogens is 2. The Labute approximate surface area is 171 Å². The molecule has 0 unspecified atom stereocenters. The van der Waals surface area contributed by atoms with Crippen LogP contribution in [0.4, 0.5) is 11.4 Å². The standard InChI is InChI=1S/C23H26N4O2/c1-16-8-9-18(14-17(16)2)22-15-20(25-26(22)3)23(28)24-19-6-4-5-7-21(19)27-10-12-29-13-11-27/h4-9,14-15H,10-13H2,1-3H3,(H,24,28). The van der Waals surface area contributed by atoms with E-state index in [1.54, 1.807) is 4.68 Å². The second-order valence-electron chi connectivity index (χ2n) is 7.41. The van der Waals surface area contributed by atoms with Gasteiger partial charge >= 0.3 is 0 Å². The fourth-order valence-electron chi connectivity index (χ4n) is 3.59. The molecule has 4 rings (SSSR count). The summed E-state index contributed by atoms with van der Waals surface area (Å²) in [6.07, 6.45) is 0. The summed E-state index contributed by atoms with van der Waals surface area (Å²) < 4.78 is 7.20. The van der Waals surface area contributed by atoms with E-state index >= 15 is 0 Å². The minimum Gasteiger partial charge on any atom is -0.378 e. The molecule has 1 aromatic heterocycles. The Balaban J connectivity index is 1.58. The lowest BCUT2D eigenvalue weighted by Crippen LogP contribution is -2.36. The van der Waals surface area contributed by atoms with Crippen molar-refractivity contribution in [3.8, 4) is 11.3 Å². The molecule has 1 aliphatic rings. The zero-order chi connectivity index (χ0) is 20.4. The molecule has 1 N–H and O–H groups in total. The van der Waals surface area contributed by atoms with E-state index in [0.717, 1.165) is 35.7 Å². The van der Waals surface area contributed by atoms with Gasteiger partial charge in [-0.2, -0.15) is 5.10 Å². The molecule has 0 aliphatic carbocycles. The molecule has 2 aromatic carbocycles. The number of para-hydroxylation sites is 2. The van der Waals surface area contributed by atoms with Crippen molar-refractivity contribution >= 4 is 17.3 Å². The zero-order valence-electron chi connectivity index (χ0n) is 17.1. The Morgan fingerprint density at radius 3 is 2.55 bits per heavy atom. The smallest absolute Gasteiger partial charge is 0.276 e. The summed E-state index contributed by atoms with van der Waals surface area (Å²) in [7, 11) is 1.86. The van der Waals surface area contributed by atoms with Gasteiger partial charge in [-0.3, -0.25) is 9.48 Å². The fourth-order valence-corrected chi connectivity index (χ4v) is 3.59. The fraction of sp³-hybridized carbons (Fsp3) is 0.304. The number of rotatable bonds is 4. The third kappa shape index (κ3) is 4.03. The molecule has 0 radical (unpaired) electrons. The van der Waals surface area contributed by atoms with Crippen molar-refractivity contribution in [3.05, 3.63) is 65.4 Å². The number of benzene rings is 2. The van der Waals surface area contributed by atoms with Gasteiger partial charge in [-0.25, -0.2) is 0 Å². The van der Waals surface area contributed by atoms with Crippen LogP contribution >= 0.6 is 0 Å². The number of carbonyl (C=O) groups excluding carboxylic acids is 1. The van der Waals surface area contributed by atoms with Crippen LogP contribution in [0.2, 0.25) is 0 Å². The van der Waals surface area contributed by atoms with E-state index in [1.165, 1.54) is 11.1 Å². The summed E-state index contributed by atoms with van der Waals surface area (Å²) in [4.78, 5) is 15.2. The molecule has 150 valence electrons. The van der Waals surface area contributed by atoms with Crippen molar-refractivity contribution in [2.45, 2.75) is 13.8 Å². The van der Waals surface area contributed by atoms with Crippen LogP contribution in [0.1, 0.15) is 21.6 Å². The summed E-state index contributed by atoms with van der Waals surface area (Å²) in [5, 5.41) is 7.49. The molecule has 3 aromatic rings. The average molecular weight is 390 g/mol. The van der Waals surface area contributed by atoms with Gasteiger partial charge in [0.2, 0.25) is 0 Å². The normalized spacial score (nSPS) is 14.1. The molecule has 0 bridgehead atoms. The molecule has 2 heterocycles. The average Bonchev–Trinajstić information content (AvgIpc) is 3.13. The van der Waals surface area contributed by atoms with Crippen LogP contribution in [0.5, 0.6) is 0 Å². The number of nitrogens with one attached hydrogen (secondary N) is 1. The number of morpholine rings is 1. The molecule has 0 saturated carbocycles. The lowest BCUT2D eigenvalue weighted by atomic mass is 10.0. The van der Waals surface area contributed by atoms with E-state index in [1.807, 2.05) is 37.4 Å². The maximum absolute atomic E-state index is 12.9. The summed E-state index contributed by atoms with van der Waals surface area (Å²) in [6.45, 7) is 7.20. The first-order chi connectivity index (χ1) is 14.0. The molecule has 6 heteroatoms. The van der Waals surface area contributed by atoms with Gasteiger partial charge in [0.1, 0.15) is 0 Å². The highest BCUT2D eigenvalue weighted by Crippen LogP contribution is 2.28. The molecule has 29 heavy (non-hydrogen) atoms. The maximum atomic E-state index is 12.9. The lowest BCUT2D eigenvalue weighted by molar-refractivity contribution is 0.102. The van der Waals surface area contributed by atoms with Crippen molar-refractivity contribution in [2.24, 2.45) is 7.05 Å². The van der Waals surface area contributed by atoms with Crippen molar-refractivity contribution in [1.29, 1.82) is 0 Å². The monoisotopic (exact) mass is 390 g/mol. The Hall–Kier alpha value is -3.12. The molecular weight excluding hydrogens is 364 g/mol. The summed E-state index contributed by atoms with van der Waals surface area (Å²) in [5.41, 5.74) is 6.63. The zero-order valence-corrected chi connectivity index (χ0v) is 17.1. The first kappa shape index (κ1) is 19.2. The van der Waals surface area contributed by atoms with E-state index in [-0.39, 0.29) is 5.91 Å². The third-order valence-electron chi connectivity index (χ3n) is 5.42. The highest BCUT2D eigenvalue weighted by molar-refractivity contribution is 6.05. The van der Waals surface area contributed by atoms with Crippen molar-refractivity contribution in [3.63, 3.8) is 0 Å². The summed E-state index contributed by atoms with van der Waals surface area (Å²) in [6, 6.07) is 16.0. The number of carbonyl (C=O) groups is 1. The second-order valence-corrected chi connectivity index (χ2v) is 7.41. The van der Waals surface area contributed by atoms with Gasteiger partial charge in [0.05, 0.1) is 30.3 Å². The summed E-state index contributed by atoms with van der Waals surface area (Å²) in [5.74, 6) is -0.212. The van der Waals surface area contributed by atoms with Crippen LogP contribution in [0, 0.1) is 13.8 Å². The van der Waals surface area contributed by atoms with Crippen LogP contribution < -0.4 is 10.2 Å². The van der Waals surface area contributed by atoms with Gasteiger partial charge in [-0.15, -0.1) is 0 Å². The minimum absolute atomic E-state index is 0.212. The number of amides is 1. The topological polar surface area (TPSA) is 59.4 Å². The van der Waals surface area contributed by atoms with E-state index < -0.39 is 0 Å². The first-order valence-electron chi connectivity index (χ1n) is 9.87. The van der Waals surface area contributed by atoms with Gasteiger partial charge in [-0.05, 0) is 49.2 Å². The molecule has 0 spiro atoms. The molecule has 0 atom stereocenters. The predicted octanol–water partition coefficient (Wildman–Crippen LogP) is 3.79. The van der Waals surface area contributed by atoms with E-state index in [0.29, 0.717) is 18.9 Å². The maximum Gasteiger partial charge on any atom is 0.276 e. The van der Waals surface area contributed by atoms with Gasteiger partial charge in [-0.1, -0.05) is 24.3 Å². The quantitative estimate of drug-likeness (QED) is 0.736. The predicted molar refractivity (Wildman–Crippen MR) is 116 cm³/mol. The van der Waals surface area contributed by atoms with Gasteiger partial charge in [0.25, 0.3) is 5.91 Å². The molecule has 1 fully saturated rings. The number of ether oxygens (including phenoxy) is 1. The molecule has 1 aliphatic heterocycles. The Bertz CT molecular complexity index is 1040.